The van der Waals surface area contributed by atoms with E-state index in [1.54, 1.807) is 0 Å². The van der Waals surface area contributed by atoms with Gasteiger partial charge < -0.3 is 0 Å². The standard InChI is InChI=1S/C29H57N3/c1-13-27(7,8)29(11,12)30-16-14-22(15-17-30)26(5,6)21-28(9,10)32-20-23-18-24(32)19-31(23)25(2,3)4/h22-24H,13-21H2,1-12H3/t23?,24-/m0/s1. The van der Waals surface area contributed by atoms with Gasteiger partial charge in [-0.2, -0.15) is 0 Å². The Balaban J connectivity index is 1.60. The van der Waals surface area contributed by atoms with E-state index in [1.807, 2.05) is 0 Å². The molecule has 3 fully saturated rings. The third-order valence-corrected chi connectivity index (χ3v) is 10.7. The first-order valence-corrected chi connectivity index (χ1v) is 13.7. The number of piperidine rings is 1. The van der Waals surface area contributed by atoms with Crippen LogP contribution in [0, 0.1) is 16.7 Å². The number of rotatable bonds is 7. The van der Waals surface area contributed by atoms with Crippen molar-refractivity contribution in [1.82, 2.24) is 14.7 Å². The van der Waals surface area contributed by atoms with Gasteiger partial charge >= 0.3 is 0 Å². The van der Waals surface area contributed by atoms with E-state index in [9.17, 15) is 0 Å². The molecule has 0 aliphatic carbocycles. The lowest BCUT2D eigenvalue weighted by atomic mass is 9.66. The fourth-order valence-corrected chi connectivity index (χ4v) is 7.67. The topological polar surface area (TPSA) is 9.72 Å². The molecule has 3 nitrogen and oxygen atoms in total. The number of hydrogen-bond acceptors (Lipinski definition) is 3. The van der Waals surface area contributed by atoms with Gasteiger partial charge in [0.05, 0.1) is 0 Å². The summed E-state index contributed by atoms with van der Waals surface area (Å²) in [4.78, 5) is 8.46. The molecule has 188 valence electrons. The summed E-state index contributed by atoms with van der Waals surface area (Å²) in [6, 6.07) is 1.51. The molecular formula is C29H57N3. The molecule has 32 heavy (non-hydrogen) atoms. The zero-order valence-electron chi connectivity index (χ0n) is 23.9. The number of likely N-dealkylation sites (tertiary alicyclic amines) is 3. The fraction of sp³-hybridized carbons (Fsp3) is 1.00. The molecule has 0 N–H and O–H groups in total. The third-order valence-electron chi connectivity index (χ3n) is 10.7. The molecule has 2 atom stereocenters. The van der Waals surface area contributed by atoms with Gasteiger partial charge in [-0.05, 0) is 110 Å². The summed E-state index contributed by atoms with van der Waals surface area (Å²) in [6.45, 7) is 34.7. The Bertz CT molecular complexity index is 646. The Morgan fingerprint density at radius 1 is 0.719 bits per heavy atom. The Morgan fingerprint density at radius 3 is 1.66 bits per heavy atom. The largest absolute Gasteiger partial charge is 0.298 e. The van der Waals surface area contributed by atoms with Crippen LogP contribution in [0.1, 0.15) is 115 Å². The third kappa shape index (κ3) is 4.82. The first kappa shape index (κ1) is 26.5. The summed E-state index contributed by atoms with van der Waals surface area (Å²) in [7, 11) is 0. The molecule has 3 heterocycles. The monoisotopic (exact) mass is 447 g/mol. The van der Waals surface area contributed by atoms with Crippen LogP contribution in [0.2, 0.25) is 0 Å². The van der Waals surface area contributed by atoms with Crippen LogP contribution in [0.4, 0.5) is 0 Å². The first-order valence-electron chi connectivity index (χ1n) is 13.7. The molecule has 1 unspecified atom stereocenters. The second kappa shape index (κ2) is 8.52. The van der Waals surface area contributed by atoms with Crippen LogP contribution < -0.4 is 0 Å². The van der Waals surface area contributed by atoms with Crippen molar-refractivity contribution in [2.75, 3.05) is 26.2 Å². The summed E-state index contributed by atoms with van der Waals surface area (Å²) < 4.78 is 0. The maximum atomic E-state index is 2.89. The molecule has 2 bridgehead atoms. The smallest absolute Gasteiger partial charge is 0.0244 e. The first-order chi connectivity index (χ1) is 14.4. The number of fused-ring (bicyclic) bond motifs is 2. The molecule has 3 aliphatic heterocycles. The van der Waals surface area contributed by atoms with Crippen molar-refractivity contribution in [3.05, 3.63) is 0 Å². The lowest BCUT2D eigenvalue weighted by Crippen LogP contribution is -2.60. The quantitative estimate of drug-likeness (QED) is 0.432. The average Bonchev–Trinajstić information content (AvgIpc) is 3.28. The predicted molar refractivity (Wildman–Crippen MR) is 140 cm³/mol. The van der Waals surface area contributed by atoms with Crippen molar-refractivity contribution in [2.45, 2.75) is 144 Å². The van der Waals surface area contributed by atoms with Crippen molar-refractivity contribution in [3.63, 3.8) is 0 Å². The van der Waals surface area contributed by atoms with Crippen LogP contribution in [-0.4, -0.2) is 69.6 Å². The highest BCUT2D eigenvalue weighted by atomic mass is 15.4. The molecule has 0 spiro atoms. The maximum Gasteiger partial charge on any atom is 0.0244 e. The fourth-order valence-electron chi connectivity index (χ4n) is 7.67. The molecule has 0 amide bonds. The summed E-state index contributed by atoms with van der Waals surface area (Å²) in [5.74, 6) is 0.837. The van der Waals surface area contributed by atoms with E-state index < -0.39 is 0 Å². The van der Waals surface area contributed by atoms with Gasteiger partial charge in [0.25, 0.3) is 0 Å². The minimum absolute atomic E-state index is 0.268. The van der Waals surface area contributed by atoms with Gasteiger partial charge in [0, 0.05) is 41.8 Å². The molecule has 0 radical (unpaired) electrons. The highest BCUT2D eigenvalue weighted by Crippen LogP contribution is 2.48. The van der Waals surface area contributed by atoms with Crippen LogP contribution in [0.3, 0.4) is 0 Å². The van der Waals surface area contributed by atoms with Crippen molar-refractivity contribution in [3.8, 4) is 0 Å². The van der Waals surface area contributed by atoms with Crippen molar-refractivity contribution < 1.29 is 0 Å². The van der Waals surface area contributed by atoms with Crippen LogP contribution in [0.5, 0.6) is 0 Å². The second-order valence-electron chi connectivity index (χ2n) is 15.1. The van der Waals surface area contributed by atoms with Crippen LogP contribution in [0.25, 0.3) is 0 Å². The van der Waals surface area contributed by atoms with E-state index in [2.05, 4.69) is 97.8 Å². The maximum absolute atomic E-state index is 2.89. The van der Waals surface area contributed by atoms with E-state index in [0.29, 0.717) is 16.4 Å². The van der Waals surface area contributed by atoms with Gasteiger partial charge in [-0.25, -0.2) is 0 Å². The molecule has 0 aromatic heterocycles. The summed E-state index contributed by atoms with van der Waals surface area (Å²) in [6.07, 6.45) is 6.64. The van der Waals surface area contributed by atoms with E-state index in [4.69, 9.17) is 0 Å². The SMILES string of the molecule is CCC(C)(C)C(C)(C)N1CCC(C(C)(C)CC(C)(C)N2CC3C[C@H]2CN3C(C)(C)C)CC1. The lowest BCUT2D eigenvalue weighted by Gasteiger charge is -2.54. The second-order valence-corrected chi connectivity index (χ2v) is 15.1. The van der Waals surface area contributed by atoms with Gasteiger partial charge in [0.15, 0.2) is 0 Å². The van der Waals surface area contributed by atoms with Gasteiger partial charge in [-0.3, -0.25) is 14.7 Å². The molecule has 3 saturated heterocycles. The lowest BCUT2D eigenvalue weighted by molar-refractivity contribution is -0.0448. The van der Waals surface area contributed by atoms with Gasteiger partial charge in [0.1, 0.15) is 0 Å². The van der Waals surface area contributed by atoms with E-state index in [0.717, 1.165) is 18.0 Å². The number of hydrogen-bond donors (Lipinski definition) is 0. The molecule has 0 aromatic carbocycles. The highest BCUT2D eigenvalue weighted by molar-refractivity contribution is 5.08. The van der Waals surface area contributed by atoms with Crippen molar-refractivity contribution in [2.24, 2.45) is 16.7 Å². The summed E-state index contributed by atoms with van der Waals surface area (Å²) in [5, 5.41) is 0. The molecule has 0 aromatic rings. The van der Waals surface area contributed by atoms with Crippen LogP contribution in [-0.2, 0) is 0 Å². The Morgan fingerprint density at radius 2 is 1.22 bits per heavy atom. The van der Waals surface area contributed by atoms with Gasteiger partial charge in [0.2, 0.25) is 0 Å². The van der Waals surface area contributed by atoms with Crippen molar-refractivity contribution in [1.29, 1.82) is 0 Å². The van der Waals surface area contributed by atoms with E-state index in [-0.39, 0.29) is 11.1 Å². The average molecular weight is 448 g/mol. The van der Waals surface area contributed by atoms with E-state index >= 15 is 0 Å². The number of piperazine rings is 1. The van der Waals surface area contributed by atoms with Crippen LogP contribution in [0.15, 0.2) is 0 Å². The number of nitrogens with zero attached hydrogens (tertiary/aromatic N) is 3. The summed E-state index contributed by atoms with van der Waals surface area (Å²) >= 11 is 0. The molecule has 0 saturated carbocycles. The van der Waals surface area contributed by atoms with Gasteiger partial charge in [-0.1, -0.05) is 34.6 Å². The molecule has 3 aliphatic rings. The van der Waals surface area contributed by atoms with Crippen LogP contribution >= 0.6 is 0 Å². The molecular weight excluding hydrogens is 390 g/mol. The Hall–Kier alpha value is -0.120. The normalized spacial score (nSPS) is 28.1. The van der Waals surface area contributed by atoms with E-state index in [1.165, 1.54) is 58.3 Å². The molecule has 3 rings (SSSR count). The highest BCUT2D eigenvalue weighted by Gasteiger charge is 2.52. The summed E-state index contributed by atoms with van der Waals surface area (Å²) in [5.41, 5.74) is 1.61. The van der Waals surface area contributed by atoms with Crippen molar-refractivity contribution >= 4 is 0 Å². The predicted octanol–water partition coefficient (Wildman–Crippen LogP) is 6.67. The molecule has 3 heteroatoms. The Labute approximate surface area is 201 Å². The zero-order chi connectivity index (χ0) is 24.3. The minimum atomic E-state index is 0.268. The minimum Gasteiger partial charge on any atom is -0.298 e. The zero-order valence-corrected chi connectivity index (χ0v) is 23.9. The Kier molecular flexibility index (Phi) is 7.05. The van der Waals surface area contributed by atoms with Gasteiger partial charge in [-0.15, -0.1) is 0 Å².